The number of piperidine rings is 1. The van der Waals surface area contributed by atoms with E-state index in [0.29, 0.717) is 23.0 Å². The normalized spacial score (nSPS) is 16.8. The summed E-state index contributed by atoms with van der Waals surface area (Å²) < 4.78 is 0. The lowest BCUT2D eigenvalue weighted by Gasteiger charge is -2.31. The van der Waals surface area contributed by atoms with Gasteiger partial charge in [-0.2, -0.15) is 0 Å². The molecule has 156 valence electrons. The zero-order valence-corrected chi connectivity index (χ0v) is 18.3. The van der Waals surface area contributed by atoms with Gasteiger partial charge in [-0.05, 0) is 61.4 Å². The highest BCUT2D eigenvalue weighted by Crippen LogP contribution is 2.31. The minimum absolute atomic E-state index is 0.0408. The number of likely N-dealkylation sites (tertiary alicyclic amines) is 1. The number of benzene rings is 1. The SMILES string of the molecule is Cc1ccc2c(Nc3cccc(C(C)C)c3)c(C(=O)N3CCCC(C)C3)cnc2n1. The van der Waals surface area contributed by atoms with Crippen LogP contribution < -0.4 is 5.32 Å². The van der Waals surface area contributed by atoms with Gasteiger partial charge in [0.2, 0.25) is 0 Å². The quantitative estimate of drug-likeness (QED) is 0.610. The number of amides is 1. The summed E-state index contributed by atoms with van der Waals surface area (Å²) in [4.78, 5) is 24.5. The average Bonchev–Trinajstić information content (AvgIpc) is 2.73. The second kappa shape index (κ2) is 8.42. The molecule has 1 amide bonds. The third-order valence-corrected chi connectivity index (χ3v) is 5.87. The largest absolute Gasteiger partial charge is 0.354 e. The van der Waals surface area contributed by atoms with Crippen LogP contribution in [-0.2, 0) is 0 Å². The van der Waals surface area contributed by atoms with Crippen LogP contribution in [0.15, 0.2) is 42.6 Å². The molecule has 3 aromatic rings. The van der Waals surface area contributed by atoms with Gasteiger partial charge in [0.1, 0.15) is 0 Å². The van der Waals surface area contributed by atoms with Crippen LogP contribution in [-0.4, -0.2) is 33.9 Å². The number of carbonyl (C=O) groups is 1. The topological polar surface area (TPSA) is 58.1 Å². The molecule has 5 nitrogen and oxygen atoms in total. The predicted molar refractivity (Wildman–Crippen MR) is 122 cm³/mol. The lowest BCUT2D eigenvalue weighted by Crippen LogP contribution is -2.39. The molecule has 4 rings (SSSR count). The Morgan fingerprint density at radius 2 is 2.07 bits per heavy atom. The molecule has 1 fully saturated rings. The van der Waals surface area contributed by atoms with E-state index < -0.39 is 0 Å². The molecule has 1 aliphatic heterocycles. The van der Waals surface area contributed by atoms with Gasteiger partial charge in [-0.25, -0.2) is 9.97 Å². The summed E-state index contributed by atoms with van der Waals surface area (Å²) in [5, 5.41) is 4.40. The molecule has 1 N–H and O–H groups in total. The van der Waals surface area contributed by atoms with E-state index in [4.69, 9.17) is 0 Å². The zero-order valence-electron chi connectivity index (χ0n) is 18.3. The van der Waals surface area contributed by atoms with Crippen molar-refractivity contribution in [1.29, 1.82) is 0 Å². The van der Waals surface area contributed by atoms with E-state index in [1.807, 2.05) is 30.0 Å². The van der Waals surface area contributed by atoms with Gasteiger partial charge >= 0.3 is 0 Å². The fraction of sp³-hybridized carbons (Fsp3) is 0.400. The molecule has 3 heterocycles. The Balaban J connectivity index is 1.79. The minimum Gasteiger partial charge on any atom is -0.354 e. The van der Waals surface area contributed by atoms with Crippen LogP contribution in [0.25, 0.3) is 11.0 Å². The summed E-state index contributed by atoms with van der Waals surface area (Å²) in [6, 6.07) is 12.3. The Morgan fingerprint density at radius 1 is 1.23 bits per heavy atom. The smallest absolute Gasteiger partial charge is 0.257 e. The van der Waals surface area contributed by atoms with Crippen molar-refractivity contribution in [3.63, 3.8) is 0 Å². The molecule has 0 radical (unpaired) electrons. The highest BCUT2D eigenvalue weighted by molar-refractivity contribution is 6.07. The molecule has 0 spiro atoms. The molecule has 0 saturated carbocycles. The van der Waals surface area contributed by atoms with E-state index in [0.717, 1.165) is 42.0 Å². The summed E-state index contributed by atoms with van der Waals surface area (Å²) in [7, 11) is 0. The first kappa shape index (κ1) is 20.3. The van der Waals surface area contributed by atoms with Gasteiger partial charge in [0.25, 0.3) is 5.91 Å². The number of fused-ring (bicyclic) bond motifs is 1. The zero-order chi connectivity index (χ0) is 21.3. The minimum atomic E-state index is 0.0408. The molecule has 0 aliphatic carbocycles. The van der Waals surface area contributed by atoms with Crippen LogP contribution in [0.1, 0.15) is 61.1 Å². The van der Waals surface area contributed by atoms with Gasteiger partial charge < -0.3 is 10.2 Å². The number of aryl methyl sites for hydroxylation is 1. The van der Waals surface area contributed by atoms with Crippen LogP contribution in [0.5, 0.6) is 0 Å². The van der Waals surface area contributed by atoms with Crippen molar-refractivity contribution >= 4 is 28.3 Å². The maximum atomic E-state index is 13.5. The first-order chi connectivity index (χ1) is 14.4. The van der Waals surface area contributed by atoms with Crippen molar-refractivity contribution in [3.8, 4) is 0 Å². The lowest BCUT2D eigenvalue weighted by atomic mass is 9.99. The van der Waals surface area contributed by atoms with Crippen molar-refractivity contribution < 1.29 is 4.79 Å². The van der Waals surface area contributed by atoms with E-state index >= 15 is 0 Å². The summed E-state index contributed by atoms with van der Waals surface area (Å²) in [5.41, 5.74) is 5.18. The fourth-order valence-corrected chi connectivity index (χ4v) is 4.13. The van der Waals surface area contributed by atoms with Crippen LogP contribution >= 0.6 is 0 Å². The standard InChI is InChI=1S/C25H30N4O/c1-16(2)19-8-5-9-20(13-19)28-23-21-11-10-18(4)27-24(21)26-14-22(23)25(30)29-12-6-7-17(3)15-29/h5,8-11,13-14,16-17H,6-7,12,15H2,1-4H3,(H,26,27,28). The Bertz CT molecular complexity index is 1080. The van der Waals surface area contributed by atoms with Crippen LogP contribution in [0, 0.1) is 12.8 Å². The highest BCUT2D eigenvalue weighted by Gasteiger charge is 2.25. The number of anilines is 2. The maximum absolute atomic E-state index is 13.5. The summed E-state index contributed by atoms with van der Waals surface area (Å²) in [6.45, 7) is 10.1. The summed E-state index contributed by atoms with van der Waals surface area (Å²) in [6.07, 6.45) is 3.91. The van der Waals surface area contributed by atoms with Crippen molar-refractivity contribution in [2.24, 2.45) is 5.92 Å². The summed E-state index contributed by atoms with van der Waals surface area (Å²) in [5.74, 6) is 1.000. The first-order valence-corrected chi connectivity index (χ1v) is 10.8. The molecule has 30 heavy (non-hydrogen) atoms. The lowest BCUT2D eigenvalue weighted by molar-refractivity contribution is 0.0684. The van der Waals surface area contributed by atoms with E-state index in [-0.39, 0.29) is 5.91 Å². The van der Waals surface area contributed by atoms with Crippen molar-refractivity contribution in [3.05, 3.63) is 59.4 Å². The van der Waals surface area contributed by atoms with E-state index in [9.17, 15) is 4.79 Å². The molecule has 1 unspecified atom stereocenters. The fourth-order valence-electron chi connectivity index (χ4n) is 4.13. The van der Waals surface area contributed by atoms with Gasteiger partial charge in [0, 0.05) is 36.1 Å². The second-order valence-electron chi connectivity index (χ2n) is 8.77. The maximum Gasteiger partial charge on any atom is 0.257 e. The number of aromatic nitrogens is 2. The Kier molecular flexibility index (Phi) is 5.71. The molecular weight excluding hydrogens is 372 g/mol. The highest BCUT2D eigenvalue weighted by atomic mass is 16.2. The van der Waals surface area contributed by atoms with Crippen molar-refractivity contribution in [1.82, 2.24) is 14.9 Å². The molecule has 1 aromatic carbocycles. The Morgan fingerprint density at radius 3 is 2.83 bits per heavy atom. The molecule has 1 atom stereocenters. The van der Waals surface area contributed by atoms with Crippen molar-refractivity contribution in [2.75, 3.05) is 18.4 Å². The number of nitrogens with zero attached hydrogens (tertiary/aromatic N) is 3. The number of hydrogen-bond donors (Lipinski definition) is 1. The van der Waals surface area contributed by atoms with E-state index in [1.54, 1.807) is 6.20 Å². The molecule has 1 aliphatic rings. The Hall–Kier alpha value is -2.95. The third-order valence-electron chi connectivity index (χ3n) is 5.87. The molecule has 1 saturated heterocycles. The molecule has 2 aromatic heterocycles. The number of hydrogen-bond acceptors (Lipinski definition) is 4. The van der Waals surface area contributed by atoms with Crippen LogP contribution in [0.3, 0.4) is 0 Å². The van der Waals surface area contributed by atoms with E-state index in [1.165, 1.54) is 12.0 Å². The second-order valence-corrected chi connectivity index (χ2v) is 8.77. The van der Waals surface area contributed by atoms with Gasteiger partial charge in [0.05, 0.1) is 11.3 Å². The van der Waals surface area contributed by atoms with Gasteiger partial charge in [-0.15, -0.1) is 0 Å². The number of pyridine rings is 2. The van der Waals surface area contributed by atoms with Crippen molar-refractivity contribution in [2.45, 2.75) is 46.5 Å². The van der Waals surface area contributed by atoms with Gasteiger partial charge in [-0.1, -0.05) is 32.9 Å². The van der Waals surface area contributed by atoms with Gasteiger partial charge in [0.15, 0.2) is 5.65 Å². The monoisotopic (exact) mass is 402 g/mol. The number of rotatable bonds is 4. The summed E-state index contributed by atoms with van der Waals surface area (Å²) >= 11 is 0. The number of carbonyl (C=O) groups excluding carboxylic acids is 1. The average molecular weight is 403 g/mol. The number of nitrogens with one attached hydrogen (secondary N) is 1. The third kappa shape index (κ3) is 4.16. The molecule has 0 bridgehead atoms. The van der Waals surface area contributed by atoms with E-state index in [2.05, 4.69) is 54.3 Å². The first-order valence-electron chi connectivity index (χ1n) is 10.8. The van der Waals surface area contributed by atoms with Crippen LogP contribution in [0.2, 0.25) is 0 Å². The molecular formula is C25H30N4O. The van der Waals surface area contributed by atoms with Gasteiger partial charge in [-0.3, -0.25) is 4.79 Å². The predicted octanol–water partition coefficient (Wildman–Crippen LogP) is 5.68. The Labute approximate surface area is 178 Å². The van der Waals surface area contributed by atoms with Crippen LogP contribution in [0.4, 0.5) is 11.4 Å². The molecule has 5 heteroatoms.